The monoisotopic (exact) mass is 438 g/mol. The van der Waals surface area contributed by atoms with E-state index < -0.39 is 17.1 Å². The van der Waals surface area contributed by atoms with Crippen molar-refractivity contribution in [1.82, 2.24) is 18.7 Å². The molecular weight excluding hydrogens is 415 g/mol. The van der Waals surface area contributed by atoms with Gasteiger partial charge < -0.3 is 9.84 Å². The summed E-state index contributed by atoms with van der Waals surface area (Å²) in [6.45, 7) is 2.11. The van der Waals surface area contributed by atoms with Gasteiger partial charge in [0.2, 0.25) is 0 Å². The van der Waals surface area contributed by atoms with E-state index in [0.29, 0.717) is 0 Å². The van der Waals surface area contributed by atoms with E-state index in [-0.39, 0.29) is 49.0 Å². The Kier molecular flexibility index (Phi) is 5.91. The maximum absolute atomic E-state index is 14.3. The van der Waals surface area contributed by atoms with Gasteiger partial charge >= 0.3 is 11.7 Å². The summed E-state index contributed by atoms with van der Waals surface area (Å²) in [7, 11) is 1.51. The minimum atomic E-state index is -0.573. The van der Waals surface area contributed by atoms with Crippen LogP contribution in [-0.2, 0) is 20.1 Å². The Balaban J connectivity index is 1.95. The smallest absolute Gasteiger partial charge is 0.332 e. The van der Waals surface area contributed by atoms with Gasteiger partial charge in [-0.15, -0.1) is 0 Å². The number of hydrogen-bond acceptors (Lipinski definition) is 5. The summed E-state index contributed by atoms with van der Waals surface area (Å²) in [5.41, 5.74) is 1.17. The molecule has 0 aliphatic carbocycles. The number of hydrogen-bond donors (Lipinski definition) is 1. The SMILES string of the molecule is Cc1ccc(Cn2c(Oc3ccccc3F)nc3c2c(=O)n(CCCO)c(=O)n3C)cc1. The number of nitrogens with zero attached hydrogens (tertiary/aromatic N) is 4. The second kappa shape index (κ2) is 8.80. The molecule has 9 heteroatoms. The van der Waals surface area contributed by atoms with Crippen molar-refractivity contribution < 1.29 is 14.2 Å². The molecular formula is C23H23FN4O4. The Bertz CT molecular complexity index is 1390. The van der Waals surface area contributed by atoms with Gasteiger partial charge in [0.25, 0.3) is 5.56 Å². The molecule has 2 aromatic carbocycles. The van der Waals surface area contributed by atoms with E-state index in [1.807, 2.05) is 31.2 Å². The summed E-state index contributed by atoms with van der Waals surface area (Å²) in [4.78, 5) is 30.4. The number of halogens is 1. The van der Waals surface area contributed by atoms with Crippen LogP contribution in [0.15, 0.2) is 58.1 Å². The van der Waals surface area contributed by atoms with Gasteiger partial charge in [-0.05, 0) is 31.0 Å². The van der Waals surface area contributed by atoms with Gasteiger partial charge in [0.1, 0.15) is 0 Å². The van der Waals surface area contributed by atoms with Crippen molar-refractivity contribution in [2.45, 2.75) is 26.4 Å². The quantitative estimate of drug-likeness (QED) is 0.479. The summed E-state index contributed by atoms with van der Waals surface area (Å²) in [6, 6.07) is 13.6. The lowest BCUT2D eigenvalue weighted by Gasteiger charge is -2.11. The lowest BCUT2D eigenvalue weighted by atomic mass is 10.1. The summed E-state index contributed by atoms with van der Waals surface area (Å²) >= 11 is 0. The van der Waals surface area contributed by atoms with E-state index in [4.69, 9.17) is 9.84 Å². The molecule has 166 valence electrons. The fourth-order valence-corrected chi connectivity index (χ4v) is 3.50. The summed E-state index contributed by atoms with van der Waals surface area (Å²) in [5, 5.41) is 9.16. The van der Waals surface area contributed by atoms with Crippen molar-refractivity contribution in [3.63, 3.8) is 0 Å². The molecule has 0 aliphatic rings. The minimum absolute atomic E-state index is 0.00215. The molecule has 2 aromatic heterocycles. The van der Waals surface area contributed by atoms with Crippen molar-refractivity contribution in [3.05, 3.63) is 86.3 Å². The van der Waals surface area contributed by atoms with Crippen LogP contribution in [-0.4, -0.2) is 30.4 Å². The predicted molar refractivity (Wildman–Crippen MR) is 118 cm³/mol. The first-order valence-electron chi connectivity index (χ1n) is 10.2. The first kappa shape index (κ1) is 21.5. The Morgan fingerprint density at radius 3 is 2.47 bits per heavy atom. The first-order valence-corrected chi connectivity index (χ1v) is 10.2. The molecule has 2 heterocycles. The highest BCUT2D eigenvalue weighted by Gasteiger charge is 2.22. The molecule has 0 radical (unpaired) electrons. The Morgan fingerprint density at radius 1 is 1.06 bits per heavy atom. The highest BCUT2D eigenvalue weighted by Crippen LogP contribution is 2.27. The normalized spacial score (nSPS) is 11.2. The van der Waals surface area contributed by atoms with Crippen LogP contribution in [0.1, 0.15) is 17.5 Å². The van der Waals surface area contributed by atoms with Crippen LogP contribution in [0.5, 0.6) is 11.8 Å². The average molecular weight is 438 g/mol. The lowest BCUT2D eigenvalue weighted by molar-refractivity contribution is 0.277. The molecule has 0 saturated carbocycles. The van der Waals surface area contributed by atoms with Gasteiger partial charge in [0.05, 0.1) is 6.54 Å². The molecule has 0 atom stereocenters. The minimum Gasteiger partial charge on any atom is -0.422 e. The standard InChI is InChI=1S/C23H23FN4O4/c1-15-8-10-16(11-9-15)14-28-19-20(25-22(28)32-18-7-4-3-6-17(18)24)26(2)23(31)27(21(19)30)12-5-13-29/h3-4,6-11,29H,5,12-14H2,1-2H3. The Morgan fingerprint density at radius 2 is 1.78 bits per heavy atom. The van der Waals surface area contributed by atoms with Crippen LogP contribution >= 0.6 is 0 Å². The van der Waals surface area contributed by atoms with E-state index in [1.165, 1.54) is 23.7 Å². The fraction of sp³-hybridized carbons (Fsp3) is 0.261. The number of aliphatic hydroxyl groups is 1. The lowest BCUT2D eigenvalue weighted by Crippen LogP contribution is -2.39. The van der Waals surface area contributed by atoms with Gasteiger partial charge in [-0.2, -0.15) is 4.98 Å². The van der Waals surface area contributed by atoms with Crippen molar-refractivity contribution in [2.75, 3.05) is 6.61 Å². The zero-order chi connectivity index (χ0) is 22.8. The van der Waals surface area contributed by atoms with Crippen LogP contribution < -0.4 is 16.0 Å². The number of ether oxygens (including phenoxy) is 1. The van der Waals surface area contributed by atoms with E-state index in [0.717, 1.165) is 15.7 Å². The largest absolute Gasteiger partial charge is 0.422 e. The van der Waals surface area contributed by atoms with E-state index >= 15 is 0 Å². The third-order valence-electron chi connectivity index (χ3n) is 5.24. The first-order chi connectivity index (χ1) is 15.4. The summed E-state index contributed by atoms with van der Waals surface area (Å²) in [6.07, 6.45) is 0.255. The molecule has 0 fully saturated rings. The second-order valence-electron chi connectivity index (χ2n) is 7.55. The molecule has 4 aromatic rings. The molecule has 0 unspecified atom stereocenters. The summed E-state index contributed by atoms with van der Waals surface area (Å²) in [5.74, 6) is -0.616. The van der Waals surface area contributed by atoms with Crippen molar-refractivity contribution in [3.8, 4) is 11.8 Å². The van der Waals surface area contributed by atoms with Gasteiger partial charge in [-0.25, -0.2) is 9.18 Å². The van der Waals surface area contributed by atoms with Crippen LogP contribution in [0.4, 0.5) is 4.39 Å². The van der Waals surface area contributed by atoms with Gasteiger partial charge in [-0.3, -0.25) is 18.5 Å². The highest BCUT2D eigenvalue weighted by molar-refractivity contribution is 5.72. The highest BCUT2D eigenvalue weighted by atomic mass is 19.1. The number of fused-ring (bicyclic) bond motifs is 1. The van der Waals surface area contributed by atoms with Gasteiger partial charge in [0, 0.05) is 20.2 Å². The topological polar surface area (TPSA) is 91.3 Å². The van der Waals surface area contributed by atoms with Crippen molar-refractivity contribution in [2.24, 2.45) is 7.05 Å². The maximum atomic E-state index is 14.3. The third-order valence-corrected chi connectivity index (χ3v) is 5.24. The van der Waals surface area contributed by atoms with Crippen LogP contribution in [0.25, 0.3) is 11.2 Å². The van der Waals surface area contributed by atoms with Crippen molar-refractivity contribution >= 4 is 11.2 Å². The Hall–Kier alpha value is -3.72. The second-order valence-corrected chi connectivity index (χ2v) is 7.55. The van der Waals surface area contributed by atoms with Crippen molar-refractivity contribution in [1.29, 1.82) is 0 Å². The van der Waals surface area contributed by atoms with E-state index in [1.54, 1.807) is 16.7 Å². The molecule has 0 amide bonds. The molecule has 1 N–H and O–H groups in total. The van der Waals surface area contributed by atoms with E-state index in [2.05, 4.69) is 4.98 Å². The number of aromatic nitrogens is 4. The van der Waals surface area contributed by atoms with Gasteiger partial charge in [0.15, 0.2) is 22.7 Å². The van der Waals surface area contributed by atoms with Crippen LogP contribution in [0.3, 0.4) is 0 Å². The number of benzene rings is 2. The molecule has 0 saturated heterocycles. The summed E-state index contributed by atoms with van der Waals surface area (Å²) < 4.78 is 23.9. The number of para-hydroxylation sites is 1. The van der Waals surface area contributed by atoms with E-state index in [9.17, 15) is 14.0 Å². The van der Waals surface area contributed by atoms with Crippen LogP contribution in [0.2, 0.25) is 0 Å². The van der Waals surface area contributed by atoms with Gasteiger partial charge in [-0.1, -0.05) is 42.0 Å². The number of rotatable bonds is 7. The predicted octanol–water partition coefficient (Wildman–Crippen LogP) is 2.57. The number of imidazole rings is 1. The van der Waals surface area contributed by atoms with Crippen LogP contribution in [0, 0.1) is 12.7 Å². The zero-order valence-electron chi connectivity index (χ0n) is 17.8. The maximum Gasteiger partial charge on any atom is 0.332 e. The average Bonchev–Trinajstić information content (AvgIpc) is 3.13. The fourth-order valence-electron chi connectivity index (χ4n) is 3.50. The molecule has 0 spiro atoms. The zero-order valence-corrected chi connectivity index (χ0v) is 17.8. The molecule has 0 bridgehead atoms. The molecule has 0 aliphatic heterocycles. The number of aryl methyl sites for hydroxylation is 2. The number of aliphatic hydroxyl groups excluding tert-OH is 1. The Labute approximate surface area is 182 Å². The molecule has 32 heavy (non-hydrogen) atoms. The molecule has 8 nitrogen and oxygen atoms in total. The molecule has 4 rings (SSSR count). The third kappa shape index (κ3) is 3.94.